The van der Waals surface area contributed by atoms with Crippen LogP contribution in [0.5, 0.6) is 11.5 Å². The van der Waals surface area contributed by atoms with Crippen LogP contribution in [0, 0.1) is 6.92 Å². The molecule has 0 fully saturated rings. The van der Waals surface area contributed by atoms with Gasteiger partial charge in [0.2, 0.25) is 11.8 Å². The first-order valence-electron chi connectivity index (χ1n) is 6.50. The van der Waals surface area contributed by atoms with E-state index in [-0.39, 0.29) is 12.5 Å². The number of hydrogen-bond donors (Lipinski definition) is 1. The van der Waals surface area contributed by atoms with Crippen LogP contribution < -0.4 is 14.8 Å². The van der Waals surface area contributed by atoms with Gasteiger partial charge in [-0.1, -0.05) is 12.1 Å². The molecule has 1 amide bonds. The Labute approximate surface area is 122 Å². The molecule has 0 spiro atoms. The molecule has 0 bridgehead atoms. The number of rotatable bonds is 7. The van der Waals surface area contributed by atoms with Gasteiger partial charge in [0, 0.05) is 19.9 Å². The van der Waals surface area contributed by atoms with Gasteiger partial charge in [-0.05, 0) is 12.1 Å². The van der Waals surface area contributed by atoms with Gasteiger partial charge in [-0.2, -0.15) is 0 Å². The molecule has 0 aliphatic carbocycles. The lowest BCUT2D eigenvalue weighted by Gasteiger charge is -2.10. The monoisotopic (exact) mass is 291 g/mol. The number of para-hydroxylation sites is 2. The second-order valence-corrected chi connectivity index (χ2v) is 4.25. The first-order chi connectivity index (χ1) is 10.2. The maximum Gasteiger partial charge on any atom is 0.257 e. The van der Waals surface area contributed by atoms with Gasteiger partial charge in [0.15, 0.2) is 18.1 Å². The second-order valence-electron chi connectivity index (χ2n) is 4.25. The Kier molecular flexibility index (Phi) is 5.14. The third-order valence-electron chi connectivity index (χ3n) is 2.66. The lowest BCUT2D eigenvalue weighted by Crippen LogP contribution is -2.30. The molecule has 0 radical (unpaired) electrons. The SMILES string of the molecule is COc1ccccc1OCC(=O)NCCc1nnc(C)o1. The van der Waals surface area contributed by atoms with Gasteiger partial charge >= 0.3 is 0 Å². The third kappa shape index (κ3) is 4.48. The predicted molar refractivity (Wildman–Crippen MR) is 74.2 cm³/mol. The van der Waals surface area contributed by atoms with Gasteiger partial charge in [0.05, 0.1) is 7.11 Å². The van der Waals surface area contributed by atoms with Crippen molar-refractivity contribution >= 4 is 5.91 Å². The zero-order valence-corrected chi connectivity index (χ0v) is 12.0. The average molecular weight is 291 g/mol. The molecule has 7 heteroatoms. The maximum atomic E-state index is 11.7. The summed E-state index contributed by atoms with van der Waals surface area (Å²) in [6.07, 6.45) is 0.487. The minimum Gasteiger partial charge on any atom is -0.493 e. The summed E-state index contributed by atoms with van der Waals surface area (Å²) >= 11 is 0. The molecule has 1 heterocycles. The summed E-state index contributed by atoms with van der Waals surface area (Å²) in [5.74, 6) is 1.90. The van der Waals surface area contributed by atoms with Crippen LogP contribution in [0.25, 0.3) is 0 Å². The van der Waals surface area contributed by atoms with Gasteiger partial charge in [-0.15, -0.1) is 10.2 Å². The third-order valence-corrected chi connectivity index (χ3v) is 2.66. The molecular formula is C14H17N3O4. The number of carbonyl (C=O) groups excluding carboxylic acids is 1. The molecule has 0 unspecified atom stereocenters. The number of methoxy groups -OCH3 is 1. The van der Waals surface area contributed by atoms with E-state index in [2.05, 4.69) is 15.5 Å². The summed E-state index contributed by atoms with van der Waals surface area (Å²) in [5.41, 5.74) is 0. The first-order valence-corrected chi connectivity index (χ1v) is 6.50. The van der Waals surface area contributed by atoms with Gasteiger partial charge in [0.25, 0.3) is 5.91 Å². The van der Waals surface area contributed by atoms with Crippen LogP contribution in [0.2, 0.25) is 0 Å². The molecule has 0 saturated heterocycles. The van der Waals surface area contributed by atoms with Crippen molar-refractivity contribution in [3.63, 3.8) is 0 Å². The van der Waals surface area contributed by atoms with Gasteiger partial charge < -0.3 is 19.2 Å². The van der Waals surface area contributed by atoms with Crippen LogP contribution in [0.1, 0.15) is 11.8 Å². The van der Waals surface area contributed by atoms with Crippen molar-refractivity contribution in [2.75, 3.05) is 20.3 Å². The number of nitrogens with one attached hydrogen (secondary N) is 1. The van der Waals surface area contributed by atoms with E-state index in [4.69, 9.17) is 13.9 Å². The molecule has 0 aliphatic heterocycles. The van der Waals surface area contributed by atoms with E-state index in [1.165, 1.54) is 0 Å². The summed E-state index contributed by atoms with van der Waals surface area (Å²) in [6.45, 7) is 2.05. The highest BCUT2D eigenvalue weighted by Gasteiger charge is 2.07. The molecule has 2 aromatic rings. The van der Waals surface area contributed by atoms with E-state index in [1.54, 1.807) is 26.2 Å². The van der Waals surface area contributed by atoms with E-state index in [9.17, 15) is 4.79 Å². The van der Waals surface area contributed by atoms with Crippen molar-refractivity contribution in [3.05, 3.63) is 36.0 Å². The summed E-state index contributed by atoms with van der Waals surface area (Å²) < 4.78 is 15.7. The largest absolute Gasteiger partial charge is 0.493 e. The lowest BCUT2D eigenvalue weighted by atomic mass is 10.3. The van der Waals surface area contributed by atoms with Crippen LogP contribution in [-0.2, 0) is 11.2 Å². The molecule has 7 nitrogen and oxygen atoms in total. The number of benzene rings is 1. The molecule has 1 aromatic heterocycles. The van der Waals surface area contributed by atoms with Crippen LogP contribution in [0.4, 0.5) is 0 Å². The molecule has 1 aromatic carbocycles. The fraction of sp³-hybridized carbons (Fsp3) is 0.357. The normalized spacial score (nSPS) is 10.2. The minimum atomic E-state index is -0.225. The van der Waals surface area contributed by atoms with E-state index < -0.39 is 0 Å². The van der Waals surface area contributed by atoms with Crippen molar-refractivity contribution in [2.24, 2.45) is 0 Å². The zero-order valence-electron chi connectivity index (χ0n) is 12.0. The van der Waals surface area contributed by atoms with Crippen LogP contribution in [-0.4, -0.2) is 36.4 Å². The highest BCUT2D eigenvalue weighted by Crippen LogP contribution is 2.25. The van der Waals surface area contributed by atoms with Crippen LogP contribution in [0.3, 0.4) is 0 Å². The lowest BCUT2D eigenvalue weighted by molar-refractivity contribution is -0.123. The Morgan fingerprint density at radius 3 is 2.71 bits per heavy atom. The molecule has 0 atom stereocenters. The van der Waals surface area contributed by atoms with E-state index in [1.807, 2.05) is 12.1 Å². The summed E-state index contributed by atoms with van der Waals surface area (Å²) in [7, 11) is 1.55. The zero-order chi connectivity index (χ0) is 15.1. The highest BCUT2D eigenvalue weighted by molar-refractivity contribution is 5.77. The quantitative estimate of drug-likeness (QED) is 0.822. The standard InChI is InChI=1S/C14H17N3O4/c1-10-16-17-14(21-10)7-8-15-13(18)9-20-12-6-4-3-5-11(12)19-2/h3-6H,7-9H2,1-2H3,(H,15,18). The summed E-state index contributed by atoms with van der Waals surface area (Å²) in [5, 5.41) is 10.3. The number of aromatic nitrogens is 2. The highest BCUT2D eigenvalue weighted by atomic mass is 16.5. The second kappa shape index (κ2) is 7.28. The van der Waals surface area contributed by atoms with Gasteiger partial charge in [0.1, 0.15) is 0 Å². The number of nitrogens with zero attached hydrogens (tertiary/aromatic N) is 2. The number of amides is 1. The van der Waals surface area contributed by atoms with Crippen LogP contribution in [0.15, 0.2) is 28.7 Å². The topological polar surface area (TPSA) is 86.5 Å². The summed E-state index contributed by atoms with van der Waals surface area (Å²) in [6, 6.07) is 7.16. The molecule has 1 N–H and O–H groups in total. The summed E-state index contributed by atoms with van der Waals surface area (Å²) in [4.78, 5) is 11.7. The molecule has 0 saturated carbocycles. The van der Waals surface area contributed by atoms with Gasteiger partial charge in [-0.3, -0.25) is 4.79 Å². The van der Waals surface area contributed by atoms with E-state index >= 15 is 0 Å². The van der Waals surface area contributed by atoms with Gasteiger partial charge in [-0.25, -0.2) is 0 Å². The molecule has 112 valence electrons. The van der Waals surface area contributed by atoms with E-state index in [0.29, 0.717) is 36.2 Å². The fourth-order valence-corrected chi connectivity index (χ4v) is 1.68. The molecule has 0 aliphatic rings. The van der Waals surface area contributed by atoms with Crippen molar-refractivity contribution in [3.8, 4) is 11.5 Å². The Hall–Kier alpha value is -2.57. The number of ether oxygens (including phenoxy) is 2. The Morgan fingerprint density at radius 1 is 1.29 bits per heavy atom. The van der Waals surface area contributed by atoms with Crippen molar-refractivity contribution in [1.82, 2.24) is 15.5 Å². The van der Waals surface area contributed by atoms with Crippen molar-refractivity contribution in [2.45, 2.75) is 13.3 Å². The number of aryl methyl sites for hydroxylation is 1. The molecule has 21 heavy (non-hydrogen) atoms. The average Bonchev–Trinajstić information content (AvgIpc) is 2.91. The number of hydrogen-bond acceptors (Lipinski definition) is 6. The van der Waals surface area contributed by atoms with Crippen molar-refractivity contribution < 1.29 is 18.7 Å². The minimum absolute atomic E-state index is 0.0801. The van der Waals surface area contributed by atoms with Crippen molar-refractivity contribution in [1.29, 1.82) is 0 Å². The Morgan fingerprint density at radius 2 is 2.05 bits per heavy atom. The van der Waals surface area contributed by atoms with Crippen LogP contribution >= 0.6 is 0 Å². The molecular weight excluding hydrogens is 274 g/mol. The smallest absolute Gasteiger partial charge is 0.257 e. The molecule has 2 rings (SSSR count). The maximum absolute atomic E-state index is 11.7. The Bertz CT molecular complexity index is 597. The number of carbonyl (C=O) groups is 1. The Balaban J connectivity index is 1.72. The van der Waals surface area contributed by atoms with E-state index in [0.717, 1.165) is 0 Å². The fourth-order valence-electron chi connectivity index (χ4n) is 1.68. The first kappa shape index (κ1) is 14.8. The predicted octanol–water partition coefficient (Wildman–Crippen LogP) is 1.12.